The number of amides is 1. The van der Waals surface area contributed by atoms with E-state index in [0.29, 0.717) is 36.8 Å². The number of fused-ring (bicyclic) bond motifs is 1. The number of aliphatic hydroxyl groups excluding tert-OH is 1. The summed E-state index contributed by atoms with van der Waals surface area (Å²) in [7, 11) is 3.15. The minimum Gasteiger partial charge on any atom is -0.493 e. The van der Waals surface area contributed by atoms with E-state index in [2.05, 4.69) is 0 Å². The fourth-order valence-electron chi connectivity index (χ4n) is 4.20. The molecule has 2 aliphatic heterocycles. The molecule has 7 heteroatoms. The molecule has 2 aliphatic rings. The zero-order valence-corrected chi connectivity index (χ0v) is 17.3. The summed E-state index contributed by atoms with van der Waals surface area (Å²) >= 11 is 0. The molecule has 160 valence electrons. The van der Waals surface area contributed by atoms with Gasteiger partial charge >= 0.3 is 0 Å². The van der Waals surface area contributed by atoms with Crippen LogP contribution in [-0.4, -0.2) is 62.6 Å². The van der Waals surface area contributed by atoms with E-state index in [1.807, 2.05) is 30.3 Å². The number of hydrogen-bond donors (Lipinski definition) is 1. The maximum atomic E-state index is 13.5. The number of rotatable bonds is 5. The number of morpholine rings is 1. The Balaban J connectivity index is 1.69. The van der Waals surface area contributed by atoms with Crippen LogP contribution < -0.4 is 14.2 Å². The van der Waals surface area contributed by atoms with Crippen LogP contribution in [0.15, 0.2) is 36.4 Å². The van der Waals surface area contributed by atoms with Gasteiger partial charge in [-0.15, -0.1) is 0 Å². The van der Waals surface area contributed by atoms with Gasteiger partial charge in [-0.25, -0.2) is 0 Å². The maximum absolute atomic E-state index is 13.5. The van der Waals surface area contributed by atoms with Crippen molar-refractivity contribution < 1.29 is 28.8 Å². The van der Waals surface area contributed by atoms with Crippen LogP contribution in [0.25, 0.3) is 0 Å². The predicted octanol–water partition coefficient (Wildman–Crippen LogP) is 2.60. The van der Waals surface area contributed by atoms with Gasteiger partial charge in [-0.1, -0.05) is 6.07 Å². The molecule has 1 N–H and O–H groups in total. The molecule has 0 aromatic heterocycles. The number of ether oxygens (including phenoxy) is 4. The monoisotopic (exact) mass is 413 g/mol. The van der Waals surface area contributed by atoms with Crippen molar-refractivity contribution in [1.29, 1.82) is 0 Å². The highest BCUT2D eigenvalue weighted by Gasteiger charge is 2.37. The summed E-state index contributed by atoms with van der Waals surface area (Å²) in [5, 5.41) is 9.94. The van der Waals surface area contributed by atoms with Crippen LogP contribution in [0.1, 0.15) is 33.9 Å². The van der Waals surface area contributed by atoms with E-state index >= 15 is 0 Å². The van der Waals surface area contributed by atoms with Gasteiger partial charge in [0.2, 0.25) is 0 Å². The van der Waals surface area contributed by atoms with E-state index in [9.17, 15) is 9.90 Å². The second-order valence-electron chi connectivity index (χ2n) is 7.42. The zero-order valence-electron chi connectivity index (χ0n) is 17.3. The van der Waals surface area contributed by atoms with E-state index < -0.39 is 12.1 Å². The molecule has 0 spiro atoms. The van der Waals surface area contributed by atoms with Crippen molar-refractivity contribution >= 4 is 5.91 Å². The number of benzene rings is 2. The predicted molar refractivity (Wildman–Crippen MR) is 110 cm³/mol. The molecule has 7 nitrogen and oxygen atoms in total. The van der Waals surface area contributed by atoms with Crippen LogP contribution in [0, 0.1) is 0 Å². The van der Waals surface area contributed by atoms with Gasteiger partial charge < -0.3 is 29.0 Å². The summed E-state index contributed by atoms with van der Waals surface area (Å²) in [6.45, 7) is 1.32. The molecule has 0 saturated carbocycles. The molecule has 0 aliphatic carbocycles. The number of aryl methyl sites for hydroxylation is 1. The number of carbonyl (C=O) groups is 1. The fraction of sp³-hybridized carbons (Fsp3) is 0.435. The van der Waals surface area contributed by atoms with Crippen LogP contribution >= 0.6 is 0 Å². The Morgan fingerprint density at radius 1 is 1.13 bits per heavy atom. The van der Waals surface area contributed by atoms with Gasteiger partial charge in [0.25, 0.3) is 5.91 Å². The SMILES string of the molecule is COc1ccc([C@@H]2[C@@H](CO)OCCN2C(=O)c2ccc3c(c2)CCCO3)cc1OC. The molecule has 1 amide bonds. The fourth-order valence-corrected chi connectivity index (χ4v) is 4.20. The topological polar surface area (TPSA) is 77.5 Å². The number of carbonyl (C=O) groups excluding carboxylic acids is 1. The smallest absolute Gasteiger partial charge is 0.254 e. The normalized spacial score (nSPS) is 20.8. The van der Waals surface area contributed by atoms with Crippen molar-refractivity contribution in [3.63, 3.8) is 0 Å². The Bertz CT molecular complexity index is 915. The number of nitrogens with zero attached hydrogens (tertiary/aromatic N) is 1. The van der Waals surface area contributed by atoms with Crippen molar-refractivity contribution in [2.75, 3.05) is 40.6 Å². The number of aliphatic hydroxyl groups is 1. The van der Waals surface area contributed by atoms with Crippen LogP contribution in [-0.2, 0) is 11.2 Å². The van der Waals surface area contributed by atoms with Crippen molar-refractivity contribution in [3.8, 4) is 17.2 Å². The standard InChI is InChI=1S/C23H27NO6/c1-27-19-8-5-16(13-20(19)28-2)22-21(14-25)30-11-9-24(22)23(26)17-6-7-18-15(12-17)4-3-10-29-18/h5-8,12-13,21-22,25H,3-4,9-11,14H2,1-2H3/t21-,22-/m1/s1. The molecule has 2 atom stereocenters. The lowest BCUT2D eigenvalue weighted by molar-refractivity contribution is -0.0811. The van der Waals surface area contributed by atoms with Gasteiger partial charge in [0.15, 0.2) is 11.5 Å². The summed E-state index contributed by atoms with van der Waals surface area (Å²) in [6.07, 6.45) is 1.32. The van der Waals surface area contributed by atoms with E-state index in [4.69, 9.17) is 18.9 Å². The van der Waals surface area contributed by atoms with Crippen LogP contribution in [0.3, 0.4) is 0 Å². The van der Waals surface area contributed by atoms with Gasteiger partial charge in [-0.05, 0) is 54.3 Å². The summed E-state index contributed by atoms with van der Waals surface area (Å²) in [5.74, 6) is 1.93. The molecule has 1 fully saturated rings. The van der Waals surface area contributed by atoms with E-state index in [1.165, 1.54) is 0 Å². The lowest BCUT2D eigenvalue weighted by atomic mass is 9.96. The Labute approximate surface area is 176 Å². The number of hydrogen-bond acceptors (Lipinski definition) is 6. The molecule has 0 radical (unpaired) electrons. The summed E-state index contributed by atoms with van der Waals surface area (Å²) in [4.78, 5) is 15.3. The minimum absolute atomic E-state index is 0.0927. The highest BCUT2D eigenvalue weighted by atomic mass is 16.5. The van der Waals surface area contributed by atoms with Gasteiger partial charge in [0.1, 0.15) is 11.9 Å². The third-order valence-electron chi connectivity index (χ3n) is 5.70. The molecule has 0 bridgehead atoms. The van der Waals surface area contributed by atoms with E-state index in [1.54, 1.807) is 25.2 Å². The van der Waals surface area contributed by atoms with Crippen LogP contribution in [0.2, 0.25) is 0 Å². The first kappa shape index (κ1) is 20.5. The van der Waals surface area contributed by atoms with Crippen LogP contribution in [0.5, 0.6) is 17.2 Å². The second kappa shape index (κ2) is 8.93. The third kappa shape index (κ3) is 3.82. The largest absolute Gasteiger partial charge is 0.493 e. The molecular weight excluding hydrogens is 386 g/mol. The Morgan fingerprint density at radius 2 is 1.97 bits per heavy atom. The van der Waals surface area contributed by atoms with Gasteiger partial charge in [-0.3, -0.25) is 4.79 Å². The van der Waals surface area contributed by atoms with Gasteiger partial charge in [0, 0.05) is 12.1 Å². The van der Waals surface area contributed by atoms with E-state index in [-0.39, 0.29) is 12.5 Å². The molecule has 30 heavy (non-hydrogen) atoms. The quantitative estimate of drug-likeness (QED) is 0.812. The average Bonchev–Trinajstić information content (AvgIpc) is 2.82. The van der Waals surface area contributed by atoms with Crippen molar-refractivity contribution in [1.82, 2.24) is 4.90 Å². The van der Waals surface area contributed by atoms with Crippen LogP contribution in [0.4, 0.5) is 0 Å². The van der Waals surface area contributed by atoms with Crippen molar-refractivity contribution in [2.45, 2.75) is 25.0 Å². The highest BCUT2D eigenvalue weighted by Crippen LogP contribution is 2.36. The summed E-state index contributed by atoms with van der Waals surface area (Å²) in [6, 6.07) is 10.7. The zero-order chi connectivity index (χ0) is 21.1. The highest BCUT2D eigenvalue weighted by molar-refractivity contribution is 5.95. The van der Waals surface area contributed by atoms with E-state index in [0.717, 1.165) is 29.7 Å². The Kier molecular flexibility index (Phi) is 6.11. The Morgan fingerprint density at radius 3 is 2.73 bits per heavy atom. The first-order valence-corrected chi connectivity index (χ1v) is 10.2. The Hall–Kier alpha value is -2.77. The first-order chi connectivity index (χ1) is 14.7. The molecule has 4 rings (SSSR count). The molecule has 2 aromatic carbocycles. The lowest BCUT2D eigenvalue weighted by Crippen LogP contribution is -2.49. The molecule has 1 saturated heterocycles. The molecule has 2 aromatic rings. The number of methoxy groups -OCH3 is 2. The van der Waals surface area contributed by atoms with Crippen molar-refractivity contribution in [3.05, 3.63) is 53.1 Å². The summed E-state index contributed by atoms with van der Waals surface area (Å²) in [5.41, 5.74) is 2.49. The maximum Gasteiger partial charge on any atom is 0.254 e. The van der Waals surface area contributed by atoms with Gasteiger partial charge in [0.05, 0.1) is 40.1 Å². The summed E-state index contributed by atoms with van der Waals surface area (Å²) < 4.78 is 22.2. The molecule has 2 heterocycles. The molecular formula is C23H27NO6. The first-order valence-electron chi connectivity index (χ1n) is 10.2. The minimum atomic E-state index is -0.526. The second-order valence-corrected chi connectivity index (χ2v) is 7.42. The average molecular weight is 413 g/mol. The van der Waals surface area contributed by atoms with Gasteiger partial charge in [-0.2, -0.15) is 0 Å². The van der Waals surface area contributed by atoms with Crippen molar-refractivity contribution in [2.24, 2.45) is 0 Å². The lowest BCUT2D eigenvalue weighted by Gasteiger charge is -2.41. The third-order valence-corrected chi connectivity index (χ3v) is 5.70. The molecule has 0 unspecified atom stereocenters.